The lowest BCUT2D eigenvalue weighted by atomic mass is 10.00. The van der Waals surface area contributed by atoms with Crippen LogP contribution in [0.15, 0.2) is 48.8 Å². The molecule has 1 fully saturated rings. The highest BCUT2D eigenvalue weighted by Crippen LogP contribution is 2.23. The first-order valence-corrected chi connectivity index (χ1v) is 9.11. The first-order valence-electron chi connectivity index (χ1n) is 9.11. The topological polar surface area (TPSA) is 45.2 Å². The number of nitrogens with one attached hydrogen (secondary N) is 1. The van der Waals surface area contributed by atoms with Crippen LogP contribution in [-0.2, 0) is 11.2 Å². The summed E-state index contributed by atoms with van der Waals surface area (Å²) in [5.74, 6) is 0.134. The fourth-order valence-electron chi connectivity index (χ4n) is 3.54. The van der Waals surface area contributed by atoms with E-state index in [2.05, 4.69) is 47.2 Å². The summed E-state index contributed by atoms with van der Waals surface area (Å²) in [5.41, 5.74) is 3.60. The molecule has 1 saturated heterocycles. The Kier molecular flexibility index (Phi) is 5.82. The number of nitrogens with zero attached hydrogens (tertiary/aromatic N) is 2. The molecule has 0 radical (unpaired) electrons. The van der Waals surface area contributed by atoms with Crippen molar-refractivity contribution >= 4 is 5.91 Å². The third kappa shape index (κ3) is 4.67. The fourth-order valence-corrected chi connectivity index (χ4v) is 3.54. The standard InChI is InChI=1S/C21H27N3O/c1-16-5-3-4-6-19(16)15-21(25)23-20-9-13-24(14-10-20)17(2)18-7-11-22-12-8-18/h3-8,11-12,17,20H,9-10,13-15H2,1-2H3,(H,23,25)/t17-/m1/s1. The van der Waals surface area contributed by atoms with E-state index in [0.29, 0.717) is 12.5 Å². The Labute approximate surface area is 150 Å². The number of hydrogen-bond donors (Lipinski definition) is 1. The minimum Gasteiger partial charge on any atom is -0.353 e. The highest BCUT2D eigenvalue weighted by molar-refractivity contribution is 5.79. The summed E-state index contributed by atoms with van der Waals surface area (Å²) in [6.45, 7) is 6.33. The maximum atomic E-state index is 12.3. The second kappa shape index (κ2) is 8.26. The van der Waals surface area contributed by atoms with E-state index in [0.717, 1.165) is 31.5 Å². The molecule has 0 unspecified atom stereocenters. The molecule has 25 heavy (non-hydrogen) atoms. The molecule has 132 valence electrons. The zero-order valence-corrected chi connectivity index (χ0v) is 15.1. The number of rotatable bonds is 5. The van der Waals surface area contributed by atoms with Crippen molar-refractivity contribution in [1.29, 1.82) is 0 Å². The van der Waals surface area contributed by atoms with E-state index < -0.39 is 0 Å². The van der Waals surface area contributed by atoms with Gasteiger partial charge < -0.3 is 5.32 Å². The van der Waals surface area contributed by atoms with Crippen LogP contribution >= 0.6 is 0 Å². The third-order valence-electron chi connectivity index (χ3n) is 5.24. The monoisotopic (exact) mass is 337 g/mol. The predicted molar refractivity (Wildman–Crippen MR) is 100 cm³/mol. The van der Waals surface area contributed by atoms with Gasteiger partial charge in [0.05, 0.1) is 6.42 Å². The van der Waals surface area contributed by atoms with Crippen molar-refractivity contribution in [2.45, 2.75) is 45.2 Å². The number of carbonyl (C=O) groups is 1. The molecule has 1 atom stereocenters. The van der Waals surface area contributed by atoms with Crippen molar-refractivity contribution < 1.29 is 4.79 Å². The molecule has 1 aromatic carbocycles. The second-order valence-electron chi connectivity index (χ2n) is 6.94. The molecule has 1 aromatic heterocycles. The van der Waals surface area contributed by atoms with Crippen molar-refractivity contribution in [1.82, 2.24) is 15.2 Å². The molecule has 0 bridgehead atoms. The Morgan fingerprint density at radius 2 is 1.88 bits per heavy atom. The van der Waals surface area contributed by atoms with Gasteiger partial charge in [-0.1, -0.05) is 24.3 Å². The highest BCUT2D eigenvalue weighted by atomic mass is 16.1. The first-order chi connectivity index (χ1) is 12.1. The van der Waals surface area contributed by atoms with Gasteiger partial charge in [-0.05, 0) is 55.5 Å². The number of hydrogen-bond acceptors (Lipinski definition) is 3. The second-order valence-corrected chi connectivity index (χ2v) is 6.94. The summed E-state index contributed by atoms with van der Waals surface area (Å²) in [4.78, 5) is 18.9. The molecule has 2 heterocycles. The molecule has 1 aliphatic rings. The maximum Gasteiger partial charge on any atom is 0.224 e. The van der Waals surface area contributed by atoms with Gasteiger partial charge in [0.15, 0.2) is 0 Å². The minimum absolute atomic E-state index is 0.134. The van der Waals surface area contributed by atoms with Crippen LogP contribution in [0.4, 0.5) is 0 Å². The number of amides is 1. The summed E-state index contributed by atoms with van der Waals surface area (Å²) in [6.07, 6.45) is 6.19. The van der Waals surface area contributed by atoms with Crippen LogP contribution in [0.2, 0.25) is 0 Å². The van der Waals surface area contributed by atoms with E-state index in [4.69, 9.17) is 0 Å². The average molecular weight is 337 g/mol. The number of likely N-dealkylation sites (tertiary alicyclic amines) is 1. The van der Waals surface area contributed by atoms with Crippen LogP contribution < -0.4 is 5.32 Å². The quantitative estimate of drug-likeness (QED) is 0.911. The van der Waals surface area contributed by atoms with Crippen LogP contribution in [0.5, 0.6) is 0 Å². The summed E-state index contributed by atoms with van der Waals surface area (Å²) < 4.78 is 0. The van der Waals surface area contributed by atoms with E-state index in [-0.39, 0.29) is 11.9 Å². The molecular weight excluding hydrogens is 310 g/mol. The zero-order valence-electron chi connectivity index (χ0n) is 15.1. The van der Waals surface area contributed by atoms with Gasteiger partial charge in [0.1, 0.15) is 0 Å². The van der Waals surface area contributed by atoms with Gasteiger partial charge in [0, 0.05) is 37.6 Å². The van der Waals surface area contributed by atoms with Crippen molar-refractivity contribution in [2.75, 3.05) is 13.1 Å². The Morgan fingerprint density at radius 3 is 2.56 bits per heavy atom. The molecule has 2 aromatic rings. The smallest absolute Gasteiger partial charge is 0.224 e. The Bertz CT molecular complexity index is 693. The lowest BCUT2D eigenvalue weighted by Crippen LogP contribution is -2.45. The molecule has 4 heteroatoms. The van der Waals surface area contributed by atoms with E-state index in [9.17, 15) is 4.79 Å². The number of aryl methyl sites for hydroxylation is 1. The molecular formula is C21H27N3O. The van der Waals surface area contributed by atoms with Crippen LogP contribution in [0, 0.1) is 6.92 Å². The lowest BCUT2D eigenvalue weighted by molar-refractivity contribution is -0.121. The number of benzene rings is 1. The molecule has 0 saturated carbocycles. The summed E-state index contributed by atoms with van der Waals surface area (Å²) in [7, 11) is 0. The fraction of sp³-hybridized carbons (Fsp3) is 0.429. The van der Waals surface area contributed by atoms with Gasteiger partial charge >= 0.3 is 0 Å². The average Bonchev–Trinajstić information content (AvgIpc) is 2.64. The van der Waals surface area contributed by atoms with Crippen molar-refractivity contribution in [2.24, 2.45) is 0 Å². The van der Waals surface area contributed by atoms with Crippen LogP contribution in [0.25, 0.3) is 0 Å². The normalized spacial score (nSPS) is 17.2. The molecule has 1 aliphatic heterocycles. The van der Waals surface area contributed by atoms with Gasteiger partial charge in [-0.3, -0.25) is 14.7 Å². The Balaban J connectivity index is 1.48. The van der Waals surface area contributed by atoms with E-state index >= 15 is 0 Å². The Hall–Kier alpha value is -2.20. The summed E-state index contributed by atoms with van der Waals surface area (Å²) >= 11 is 0. The van der Waals surface area contributed by atoms with Gasteiger partial charge in [0.2, 0.25) is 5.91 Å². The van der Waals surface area contributed by atoms with Crippen LogP contribution in [0.3, 0.4) is 0 Å². The maximum absolute atomic E-state index is 12.3. The van der Waals surface area contributed by atoms with Gasteiger partial charge in [-0.25, -0.2) is 0 Å². The predicted octanol–water partition coefficient (Wildman–Crippen LogP) is 3.27. The summed E-state index contributed by atoms with van der Waals surface area (Å²) in [5, 5.41) is 3.22. The molecule has 0 spiro atoms. The van der Waals surface area contributed by atoms with Gasteiger partial charge in [-0.15, -0.1) is 0 Å². The van der Waals surface area contributed by atoms with Gasteiger partial charge in [0.25, 0.3) is 0 Å². The number of carbonyl (C=O) groups excluding carboxylic acids is 1. The SMILES string of the molecule is Cc1ccccc1CC(=O)NC1CCN([C@H](C)c2ccncc2)CC1. The molecule has 1 amide bonds. The highest BCUT2D eigenvalue weighted by Gasteiger charge is 2.24. The van der Waals surface area contributed by atoms with E-state index in [1.165, 1.54) is 11.1 Å². The van der Waals surface area contributed by atoms with Crippen molar-refractivity contribution in [3.05, 3.63) is 65.5 Å². The molecule has 4 nitrogen and oxygen atoms in total. The van der Waals surface area contributed by atoms with Crippen molar-refractivity contribution in [3.8, 4) is 0 Å². The molecule has 0 aliphatic carbocycles. The molecule has 3 rings (SSSR count). The first kappa shape index (κ1) is 17.6. The number of aromatic nitrogens is 1. The lowest BCUT2D eigenvalue weighted by Gasteiger charge is -2.36. The number of pyridine rings is 1. The minimum atomic E-state index is 0.134. The third-order valence-corrected chi connectivity index (χ3v) is 5.24. The Morgan fingerprint density at radius 1 is 1.20 bits per heavy atom. The van der Waals surface area contributed by atoms with E-state index in [1.807, 2.05) is 30.6 Å². The van der Waals surface area contributed by atoms with Crippen molar-refractivity contribution in [3.63, 3.8) is 0 Å². The van der Waals surface area contributed by atoms with E-state index in [1.54, 1.807) is 0 Å². The molecule has 1 N–H and O–H groups in total. The zero-order chi connectivity index (χ0) is 17.6. The van der Waals surface area contributed by atoms with Crippen LogP contribution in [-0.4, -0.2) is 34.9 Å². The van der Waals surface area contributed by atoms with Gasteiger partial charge in [-0.2, -0.15) is 0 Å². The van der Waals surface area contributed by atoms with Crippen LogP contribution in [0.1, 0.15) is 42.5 Å². The summed E-state index contributed by atoms with van der Waals surface area (Å²) in [6, 6.07) is 13.0. The largest absolute Gasteiger partial charge is 0.353 e. The number of piperidine rings is 1.